The summed E-state index contributed by atoms with van der Waals surface area (Å²) in [5, 5.41) is 10.9. The molecule has 0 radical (unpaired) electrons. The van der Waals surface area contributed by atoms with E-state index in [4.69, 9.17) is 5.11 Å². The van der Waals surface area contributed by atoms with Crippen molar-refractivity contribution in [1.82, 2.24) is 4.90 Å². The predicted molar refractivity (Wildman–Crippen MR) is 68.0 cm³/mol. The molecule has 0 saturated heterocycles. The van der Waals surface area contributed by atoms with Crippen molar-refractivity contribution in [3.63, 3.8) is 0 Å². The lowest BCUT2D eigenvalue weighted by Gasteiger charge is -2.19. The largest absolute Gasteiger partial charge is 0.395 e. The lowest BCUT2D eigenvalue weighted by Crippen LogP contribution is -2.34. The molecule has 0 unspecified atom stereocenters. The van der Waals surface area contributed by atoms with Gasteiger partial charge in [-0.25, -0.2) is 0 Å². The molecule has 2 rings (SSSR count). The summed E-state index contributed by atoms with van der Waals surface area (Å²) in [6.07, 6.45) is 2.30. The maximum absolute atomic E-state index is 12.0. The summed E-state index contributed by atoms with van der Waals surface area (Å²) in [6, 6.07) is 2.40. The number of nitrogens with zero attached hydrogens (tertiary/aromatic N) is 1. The highest BCUT2D eigenvalue weighted by molar-refractivity contribution is 9.10. The van der Waals surface area contributed by atoms with Gasteiger partial charge in [-0.1, -0.05) is 0 Å². The van der Waals surface area contributed by atoms with Crippen LogP contribution in [0.25, 0.3) is 0 Å². The van der Waals surface area contributed by atoms with Gasteiger partial charge in [0.15, 0.2) is 5.78 Å². The standard InChI is InChI=1S/C11H14BrNO2S/c12-9-3-6-16-11(9)10(15)7-13(4-5-14)8-1-2-8/h3,6,8,14H,1-2,4-5,7H2. The SMILES string of the molecule is O=C(CN(CCO)C1CC1)c1sccc1Br. The average Bonchev–Trinajstić information content (AvgIpc) is 3.00. The number of hydrogen-bond acceptors (Lipinski definition) is 4. The Morgan fingerprint density at radius 2 is 2.38 bits per heavy atom. The van der Waals surface area contributed by atoms with E-state index in [1.165, 1.54) is 11.3 Å². The van der Waals surface area contributed by atoms with E-state index in [9.17, 15) is 4.79 Å². The van der Waals surface area contributed by atoms with E-state index in [-0.39, 0.29) is 12.4 Å². The third-order valence-electron chi connectivity index (χ3n) is 2.67. The average molecular weight is 304 g/mol. The first-order chi connectivity index (χ1) is 7.72. The molecule has 1 aromatic heterocycles. The molecule has 3 nitrogen and oxygen atoms in total. The normalized spacial score (nSPS) is 15.7. The van der Waals surface area contributed by atoms with Gasteiger partial charge in [0.05, 0.1) is 18.0 Å². The van der Waals surface area contributed by atoms with Gasteiger partial charge in [0.1, 0.15) is 0 Å². The highest BCUT2D eigenvalue weighted by Crippen LogP contribution is 2.28. The molecule has 5 heteroatoms. The smallest absolute Gasteiger partial charge is 0.187 e. The van der Waals surface area contributed by atoms with Crippen molar-refractivity contribution in [3.05, 3.63) is 20.8 Å². The van der Waals surface area contributed by atoms with E-state index in [1.807, 2.05) is 11.4 Å². The fraction of sp³-hybridized carbons (Fsp3) is 0.545. The molecule has 1 aliphatic rings. The molecule has 1 aromatic rings. The molecule has 0 bridgehead atoms. The minimum Gasteiger partial charge on any atom is -0.395 e. The van der Waals surface area contributed by atoms with Gasteiger partial charge in [0, 0.05) is 17.1 Å². The van der Waals surface area contributed by atoms with Gasteiger partial charge in [-0.2, -0.15) is 0 Å². The number of thiophene rings is 1. The minimum atomic E-state index is 0.120. The Balaban J connectivity index is 1.97. The van der Waals surface area contributed by atoms with Crippen molar-refractivity contribution in [1.29, 1.82) is 0 Å². The number of carbonyl (C=O) groups is 1. The monoisotopic (exact) mass is 303 g/mol. The van der Waals surface area contributed by atoms with E-state index < -0.39 is 0 Å². The second kappa shape index (κ2) is 5.40. The Labute approximate surface area is 107 Å². The van der Waals surface area contributed by atoms with Crippen molar-refractivity contribution < 1.29 is 9.90 Å². The van der Waals surface area contributed by atoms with Crippen LogP contribution in [-0.4, -0.2) is 41.5 Å². The first kappa shape index (κ1) is 12.2. The van der Waals surface area contributed by atoms with Crippen molar-refractivity contribution in [2.24, 2.45) is 0 Å². The Morgan fingerprint density at radius 3 is 2.88 bits per heavy atom. The molecule has 1 N–H and O–H groups in total. The van der Waals surface area contributed by atoms with Crippen molar-refractivity contribution in [2.75, 3.05) is 19.7 Å². The molecule has 0 aromatic carbocycles. The van der Waals surface area contributed by atoms with Crippen molar-refractivity contribution in [2.45, 2.75) is 18.9 Å². The number of rotatable bonds is 6. The number of Topliss-reactive ketones (excluding diaryl/α,β-unsaturated/α-hetero) is 1. The topological polar surface area (TPSA) is 40.5 Å². The Kier molecular flexibility index (Phi) is 4.13. The summed E-state index contributed by atoms with van der Waals surface area (Å²) in [7, 11) is 0. The van der Waals surface area contributed by atoms with Gasteiger partial charge in [0.2, 0.25) is 0 Å². The number of hydrogen-bond donors (Lipinski definition) is 1. The number of aliphatic hydroxyl groups is 1. The molecule has 0 spiro atoms. The van der Waals surface area contributed by atoms with Gasteiger partial charge in [-0.3, -0.25) is 9.69 Å². The lowest BCUT2D eigenvalue weighted by atomic mass is 10.3. The third-order valence-corrected chi connectivity index (χ3v) is 4.55. The fourth-order valence-electron chi connectivity index (χ4n) is 1.71. The van der Waals surface area contributed by atoms with Gasteiger partial charge in [-0.15, -0.1) is 11.3 Å². The van der Waals surface area contributed by atoms with Crippen LogP contribution in [-0.2, 0) is 0 Å². The Bertz CT molecular complexity index is 376. The number of ketones is 1. The molecular formula is C11H14BrNO2S. The van der Waals surface area contributed by atoms with Crippen LogP contribution in [0.5, 0.6) is 0 Å². The van der Waals surface area contributed by atoms with Crippen LogP contribution in [0.4, 0.5) is 0 Å². The van der Waals surface area contributed by atoms with Crippen molar-refractivity contribution in [3.8, 4) is 0 Å². The van der Waals surface area contributed by atoms with Crippen LogP contribution >= 0.6 is 27.3 Å². The fourth-order valence-corrected chi connectivity index (χ4v) is 3.23. The van der Waals surface area contributed by atoms with E-state index >= 15 is 0 Å². The molecular weight excluding hydrogens is 290 g/mol. The number of aliphatic hydroxyl groups excluding tert-OH is 1. The van der Waals surface area contributed by atoms with Crippen LogP contribution in [0, 0.1) is 0 Å². The van der Waals surface area contributed by atoms with E-state index in [0.717, 1.165) is 22.2 Å². The zero-order valence-corrected chi connectivity index (χ0v) is 11.3. The third kappa shape index (κ3) is 2.91. The summed E-state index contributed by atoms with van der Waals surface area (Å²) in [4.78, 5) is 14.9. The predicted octanol–water partition coefficient (Wildman–Crippen LogP) is 2.15. The summed E-state index contributed by atoms with van der Waals surface area (Å²) in [6.45, 7) is 1.14. The van der Waals surface area contributed by atoms with Crippen LogP contribution < -0.4 is 0 Å². The maximum atomic E-state index is 12.0. The molecule has 1 aliphatic carbocycles. The first-order valence-corrected chi connectivity index (χ1v) is 7.00. The molecule has 1 saturated carbocycles. The van der Waals surface area contributed by atoms with Crippen LogP contribution in [0.3, 0.4) is 0 Å². The Hall–Kier alpha value is -0.230. The molecule has 16 heavy (non-hydrogen) atoms. The quantitative estimate of drug-likeness (QED) is 0.819. The highest BCUT2D eigenvalue weighted by Gasteiger charge is 2.30. The summed E-state index contributed by atoms with van der Waals surface area (Å²) >= 11 is 4.83. The minimum absolute atomic E-state index is 0.120. The second-order valence-corrected chi connectivity index (χ2v) is 5.72. The Morgan fingerprint density at radius 1 is 1.62 bits per heavy atom. The van der Waals surface area contributed by atoms with Crippen LogP contribution in [0.15, 0.2) is 15.9 Å². The van der Waals surface area contributed by atoms with Crippen LogP contribution in [0.1, 0.15) is 22.5 Å². The zero-order chi connectivity index (χ0) is 11.5. The summed E-state index contributed by atoms with van der Waals surface area (Å²) in [5.41, 5.74) is 0. The van der Waals surface area contributed by atoms with E-state index in [0.29, 0.717) is 19.1 Å². The zero-order valence-electron chi connectivity index (χ0n) is 8.86. The molecule has 88 valence electrons. The molecule has 0 amide bonds. The number of halogens is 1. The van der Waals surface area contributed by atoms with E-state index in [1.54, 1.807) is 0 Å². The van der Waals surface area contributed by atoms with Gasteiger partial charge >= 0.3 is 0 Å². The molecule has 1 heterocycles. The van der Waals surface area contributed by atoms with E-state index in [2.05, 4.69) is 20.8 Å². The van der Waals surface area contributed by atoms with Gasteiger partial charge < -0.3 is 5.11 Å². The first-order valence-electron chi connectivity index (χ1n) is 5.33. The highest BCUT2D eigenvalue weighted by atomic mass is 79.9. The number of carbonyl (C=O) groups excluding carboxylic acids is 1. The molecule has 0 atom stereocenters. The summed E-state index contributed by atoms with van der Waals surface area (Å²) < 4.78 is 0.877. The molecule has 1 fully saturated rings. The molecule has 0 aliphatic heterocycles. The maximum Gasteiger partial charge on any atom is 0.187 e. The summed E-state index contributed by atoms with van der Waals surface area (Å²) in [5.74, 6) is 0.141. The van der Waals surface area contributed by atoms with Crippen LogP contribution in [0.2, 0.25) is 0 Å². The van der Waals surface area contributed by atoms with Gasteiger partial charge in [-0.05, 0) is 40.2 Å². The van der Waals surface area contributed by atoms with Crippen molar-refractivity contribution >= 4 is 33.0 Å². The van der Waals surface area contributed by atoms with Gasteiger partial charge in [0.25, 0.3) is 0 Å². The lowest BCUT2D eigenvalue weighted by molar-refractivity contribution is 0.0910. The second-order valence-electron chi connectivity index (χ2n) is 3.95.